The van der Waals surface area contributed by atoms with E-state index in [2.05, 4.69) is 27.7 Å². The molecule has 1 aromatic carbocycles. The van der Waals surface area contributed by atoms with Gasteiger partial charge in [0.05, 0.1) is 7.11 Å². The molecular formula is C13H20O2. The predicted molar refractivity (Wildman–Crippen MR) is 62.8 cm³/mol. The van der Waals surface area contributed by atoms with Crippen molar-refractivity contribution < 1.29 is 9.84 Å². The van der Waals surface area contributed by atoms with Crippen LogP contribution in [0.3, 0.4) is 0 Å². The van der Waals surface area contributed by atoms with Crippen molar-refractivity contribution in [2.24, 2.45) is 0 Å². The standard InChI is InChI=1S/C13H20O2/c1-8(2)10-7-13(15-5)11(9(3)4)6-12(10)14/h6-9,14H,1-5H3. The van der Waals surface area contributed by atoms with Gasteiger partial charge in [0.2, 0.25) is 0 Å². The maximum atomic E-state index is 9.88. The Labute approximate surface area is 91.9 Å². The van der Waals surface area contributed by atoms with E-state index in [-0.39, 0.29) is 0 Å². The highest BCUT2D eigenvalue weighted by Crippen LogP contribution is 2.35. The van der Waals surface area contributed by atoms with E-state index in [1.165, 1.54) is 0 Å². The molecule has 1 rings (SSSR count). The zero-order valence-electron chi connectivity index (χ0n) is 10.2. The van der Waals surface area contributed by atoms with E-state index in [1.54, 1.807) is 7.11 Å². The number of phenolic OH excluding ortho intramolecular Hbond substituents is 1. The third kappa shape index (κ3) is 2.44. The number of rotatable bonds is 3. The van der Waals surface area contributed by atoms with Crippen molar-refractivity contribution in [1.82, 2.24) is 0 Å². The van der Waals surface area contributed by atoms with Gasteiger partial charge in [-0.3, -0.25) is 0 Å². The van der Waals surface area contributed by atoms with Crippen LogP contribution in [0.15, 0.2) is 12.1 Å². The van der Waals surface area contributed by atoms with E-state index in [1.807, 2.05) is 12.1 Å². The first-order chi connectivity index (χ1) is 6.97. The Kier molecular flexibility index (Phi) is 3.61. The molecule has 0 spiro atoms. The molecule has 0 bridgehead atoms. The zero-order chi connectivity index (χ0) is 11.6. The van der Waals surface area contributed by atoms with Gasteiger partial charge in [-0.05, 0) is 24.0 Å². The van der Waals surface area contributed by atoms with E-state index in [9.17, 15) is 5.11 Å². The number of benzene rings is 1. The summed E-state index contributed by atoms with van der Waals surface area (Å²) in [7, 11) is 1.67. The van der Waals surface area contributed by atoms with Crippen LogP contribution < -0.4 is 4.74 Å². The predicted octanol–water partition coefficient (Wildman–Crippen LogP) is 3.65. The molecule has 0 aliphatic carbocycles. The summed E-state index contributed by atoms with van der Waals surface area (Å²) in [6.45, 7) is 8.30. The van der Waals surface area contributed by atoms with Crippen LogP contribution in [-0.4, -0.2) is 12.2 Å². The van der Waals surface area contributed by atoms with Gasteiger partial charge in [-0.2, -0.15) is 0 Å². The normalized spacial score (nSPS) is 11.1. The third-order valence-electron chi connectivity index (χ3n) is 2.62. The molecule has 84 valence electrons. The van der Waals surface area contributed by atoms with Crippen molar-refractivity contribution in [2.75, 3.05) is 7.11 Å². The van der Waals surface area contributed by atoms with Crippen LogP contribution in [0.1, 0.15) is 50.7 Å². The summed E-state index contributed by atoms with van der Waals surface area (Å²) in [6, 6.07) is 3.76. The molecule has 0 aromatic heterocycles. The lowest BCUT2D eigenvalue weighted by atomic mass is 9.95. The fourth-order valence-corrected chi connectivity index (χ4v) is 1.69. The molecule has 0 radical (unpaired) electrons. The molecule has 0 unspecified atom stereocenters. The van der Waals surface area contributed by atoms with Crippen LogP contribution >= 0.6 is 0 Å². The smallest absolute Gasteiger partial charge is 0.122 e. The molecule has 1 aromatic rings. The van der Waals surface area contributed by atoms with Gasteiger partial charge < -0.3 is 9.84 Å². The quantitative estimate of drug-likeness (QED) is 0.821. The monoisotopic (exact) mass is 208 g/mol. The molecule has 0 heterocycles. The molecule has 0 saturated carbocycles. The van der Waals surface area contributed by atoms with E-state index in [0.29, 0.717) is 17.6 Å². The first-order valence-electron chi connectivity index (χ1n) is 5.38. The van der Waals surface area contributed by atoms with E-state index < -0.39 is 0 Å². The van der Waals surface area contributed by atoms with Gasteiger partial charge in [0.15, 0.2) is 0 Å². The highest BCUT2D eigenvalue weighted by atomic mass is 16.5. The van der Waals surface area contributed by atoms with E-state index in [0.717, 1.165) is 16.9 Å². The van der Waals surface area contributed by atoms with Crippen molar-refractivity contribution in [3.05, 3.63) is 23.3 Å². The number of ether oxygens (including phenoxy) is 1. The third-order valence-corrected chi connectivity index (χ3v) is 2.62. The second-order valence-electron chi connectivity index (χ2n) is 4.46. The molecular weight excluding hydrogens is 188 g/mol. The summed E-state index contributed by atoms with van der Waals surface area (Å²) in [5, 5.41) is 9.88. The van der Waals surface area contributed by atoms with Gasteiger partial charge >= 0.3 is 0 Å². The number of aromatic hydroxyl groups is 1. The average molecular weight is 208 g/mol. The van der Waals surface area contributed by atoms with Crippen LogP contribution in [-0.2, 0) is 0 Å². The van der Waals surface area contributed by atoms with Gasteiger partial charge in [-0.25, -0.2) is 0 Å². The van der Waals surface area contributed by atoms with Crippen molar-refractivity contribution >= 4 is 0 Å². The Balaban J connectivity index is 3.29. The largest absolute Gasteiger partial charge is 0.508 e. The summed E-state index contributed by atoms with van der Waals surface area (Å²) >= 11 is 0. The van der Waals surface area contributed by atoms with E-state index in [4.69, 9.17) is 4.74 Å². The van der Waals surface area contributed by atoms with Crippen LogP contribution in [0.5, 0.6) is 11.5 Å². The van der Waals surface area contributed by atoms with Crippen LogP contribution in [0, 0.1) is 0 Å². The first-order valence-corrected chi connectivity index (χ1v) is 5.38. The van der Waals surface area contributed by atoms with Gasteiger partial charge in [0.25, 0.3) is 0 Å². The van der Waals surface area contributed by atoms with E-state index >= 15 is 0 Å². The molecule has 0 saturated heterocycles. The zero-order valence-corrected chi connectivity index (χ0v) is 10.2. The highest BCUT2D eigenvalue weighted by Gasteiger charge is 2.14. The Bertz CT molecular complexity index is 341. The second-order valence-corrected chi connectivity index (χ2v) is 4.46. The lowest BCUT2D eigenvalue weighted by Gasteiger charge is -2.16. The molecule has 2 heteroatoms. The molecule has 2 nitrogen and oxygen atoms in total. The molecule has 0 amide bonds. The molecule has 1 N–H and O–H groups in total. The van der Waals surface area contributed by atoms with Crippen LogP contribution in [0.2, 0.25) is 0 Å². The summed E-state index contributed by atoms with van der Waals surface area (Å²) < 4.78 is 5.34. The minimum Gasteiger partial charge on any atom is -0.508 e. The number of hydrogen-bond acceptors (Lipinski definition) is 2. The van der Waals surface area contributed by atoms with Gasteiger partial charge in [-0.1, -0.05) is 27.7 Å². The van der Waals surface area contributed by atoms with Crippen molar-refractivity contribution in [3.8, 4) is 11.5 Å². The van der Waals surface area contributed by atoms with Crippen molar-refractivity contribution in [1.29, 1.82) is 0 Å². The Hall–Kier alpha value is -1.18. The van der Waals surface area contributed by atoms with Crippen LogP contribution in [0.4, 0.5) is 0 Å². The van der Waals surface area contributed by atoms with Crippen LogP contribution in [0.25, 0.3) is 0 Å². The topological polar surface area (TPSA) is 29.5 Å². The fourth-order valence-electron chi connectivity index (χ4n) is 1.69. The molecule has 0 fully saturated rings. The number of hydrogen-bond donors (Lipinski definition) is 1. The van der Waals surface area contributed by atoms with Gasteiger partial charge in [0.1, 0.15) is 11.5 Å². The Morgan fingerprint density at radius 2 is 1.53 bits per heavy atom. The summed E-state index contributed by atoms with van der Waals surface area (Å²) in [4.78, 5) is 0. The fraction of sp³-hybridized carbons (Fsp3) is 0.538. The molecule has 0 atom stereocenters. The first kappa shape index (κ1) is 11.9. The Morgan fingerprint density at radius 1 is 1.00 bits per heavy atom. The van der Waals surface area contributed by atoms with Crippen molar-refractivity contribution in [2.45, 2.75) is 39.5 Å². The SMILES string of the molecule is COc1cc(C(C)C)c(O)cc1C(C)C. The molecule has 15 heavy (non-hydrogen) atoms. The maximum absolute atomic E-state index is 9.88. The summed E-state index contributed by atoms with van der Waals surface area (Å²) in [5.74, 6) is 1.90. The van der Waals surface area contributed by atoms with Gasteiger partial charge in [0, 0.05) is 11.1 Å². The number of phenols is 1. The van der Waals surface area contributed by atoms with Crippen molar-refractivity contribution in [3.63, 3.8) is 0 Å². The minimum atomic E-state index is 0.306. The molecule has 0 aliphatic heterocycles. The summed E-state index contributed by atoms with van der Waals surface area (Å²) in [5.41, 5.74) is 2.00. The lowest BCUT2D eigenvalue weighted by molar-refractivity contribution is 0.402. The average Bonchev–Trinajstić information content (AvgIpc) is 2.16. The Morgan fingerprint density at radius 3 is 1.93 bits per heavy atom. The number of methoxy groups -OCH3 is 1. The minimum absolute atomic E-state index is 0.306. The maximum Gasteiger partial charge on any atom is 0.122 e. The highest BCUT2D eigenvalue weighted by molar-refractivity contribution is 5.48. The molecule has 0 aliphatic rings. The second kappa shape index (κ2) is 4.56. The summed E-state index contributed by atoms with van der Waals surface area (Å²) in [6.07, 6.45) is 0. The van der Waals surface area contributed by atoms with Gasteiger partial charge in [-0.15, -0.1) is 0 Å². The lowest BCUT2D eigenvalue weighted by Crippen LogP contribution is -1.97.